The molecule has 2 aliphatic carbocycles. The first-order chi connectivity index (χ1) is 11.8. The lowest BCUT2D eigenvalue weighted by Crippen LogP contribution is -2.26. The Bertz CT molecular complexity index is 578. The molecule has 0 N–H and O–H groups in total. The molecule has 138 valence electrons. The van der Waals surface area contributed by atoms with Gasteiger partial charge in [-0.1, -0.05) is 43.4 Å². The molecule has 0 heterocycles. The van der Waals surface area contributed by atoms with E-state index in [1.54, 1.807) is 0 Å². The number of aryl methyl sites for hydroxylation is 1. The molecule has 1 aromatic rings. The first-order valence-electron chi connectivity index (χ1n) is 9.89. The summed E-state index contributed by atoms with van der Waals surface area (Å²) in [6, 6.07) is 4.46. The van der Waals surface area contributed by atoms with E-state index in [-0.39, 0.29) is 0 Å². The lowest BCUT2D eigenvalue weighted by molar-refractivity contribution is 0.0201. The molecule has 0 radical (unpaired) electrons. The molecule has 0 aliphatic heterocycles. The van der Waals surface area contributed by atoms with Gasteiger partial charge in [-0.25, -0.2) is 4.79 Å². The standard InChI is InChI=1S/C22H32O3/c1-15-13-18(16-9-5-6-10-16)20(24-21(23)25-22(2,3)4)19(14-15)17-11-7-8-12-17/h13-14,16-17H,5-12H2,1-4H3. The van der Waals surface area contributed by atoms with E-state index >= 15 is 0 Å². The summed E-state index contributed by atoms with van der Waals surface area (Å²) in [6.07, 6.45) is 9.27. The minimum atomic E-state index is -0.574. The van der Waals surface area contributed by atoms with Crippen LogP contribution in [0.2, 0.25) is 0 Å². The van der Waals surface area contributed by atoms with Crippen LogP contribution in [0.15, 0.2) is 12.1 Å². The first kappa shape index (κ1) is 18.3. The predicted molar refractivity (Wildman–Crippen MR) is 100 cm³/mol. The highest BCUT2D eigenvalue weighted by molar-refractivity contribution is 5.67. The van der Waals surface area contributed by atoms with Crippen molar-refractivity contribution in [2.45, 2.75) is 96.5 Å². The van der Waals surface area contributed by atoms with Crippen LogP contribution in [0.3, 0.4) is 0 Å². The van der Waals surface area contributed by atoms with Gasteiger partial charge in [-0.05, 0) is 76.3 Å². The van der Waals surface area contributed by atoms with Gasteiger partial charge in [0.15, 0.2) is 0 Å². The van der Waals surface area contributed by atoms with E-state index < -0.39 is 11.8 Å². The Morgan fingerprint density at radius 3 is 1.76 bits per heavy atom. The third-order valence-electron chi connectivity index (χ3n) is 5.46. The van der Waals surface area contributed by atoms with Crippen molar-refractivity contribution in [3.63, 3.8) is 0 Å². The summed E-state index contributed by atoms with van der Waals surface area (Å²) in [6.45, 7) is 7.78. The van der Waals surface area contributed by atoms with Gasteiger partial charge in [-0.3, -0.25) is 0 Å². The van der Waals surface area contributed by atoms with Crippen molar-refractivity contribution >= 4 is 6.16 Å². The second-order valence-electron chi connectivity index (χ2n) is 8.80. The molecule has 1 aromatic carbocycles. The molecule has 3 rings (SSSR count). The molecule has 0 bridgehead atoms. The largest absolute Gasteiger partial charge is 0.514 e. The van der Waals surface area contributed by atoms with E-state index in [9.17, 15) is 4.79 Å². The molecule has 2 fully saturated rings. The monoisotopic (exact) mass is 344 g/mol. The molecule has 2 aliphatic rings. The number of carbonyl (C=O) groups excluding carboxylic acids is 1. The molecule has 0 saturated heterocycles. The van der Waals surface area contributed by atoms with Crippen LogP contribution in [0.4, 0.5) is 4.79 Å². The predicted octanol–water partition coefficient (Wildman–Crippen LogP) is 6.62. The molecule has 0 unspecified atom stereocenters. The fourth-order valence-electron chi connectivity index (χ4n) is 4.38. The van der Waals surface area contributed by atoms with Gasteiger partial charge in [0.05, 0.1) is 0 Å². The van der Waals surface area contributed by atoms with Gasteiger partial charge in [0, 0.05) is 0 Å². The lowest BCUT2D eigenvalue weighted by atomic mass is 9.87. The molecular weight excluding hydrogens is 312 g/mol. The fourth-order valence-corrected chi connectivity index (χ4v) is 4.38. The molecule has 0 spiro atoms. The zero-order valence-electron chi connectivity index (χ0n) is 16.2. The van der Waals surface area contributed by atoms with Crippen molar-refractivity contribution in [2.75, 3.05) is 0 Å². The van der Waals surface area contributed by atoms with Crippen molar-refractivity contribution in [1.82, 2.24) is 0 Å². The number of ether oxygens (including phenoxy) is 2. The van der Waals surface area contributed by atoms with Crippen LogP contribution in [0.5, 0.6) is 5.75 Å². The van der Waals surface area contributed by atoms with E-state index in [4.69, 9.17) is 9.47 Å². The highest BCUT2D eigenvalue weighted by Crippen LogP contribution is 2.46. The fraction of sp³-hybridized carbons (Fsp3) is 0.682. The summed E-state index contributed by atoms with van der Waals surface area (Å²) < 4.78 is 11.3. The summed E-state index contributed by atoms with van der Waals surface area (Å²) in [5.41, 5.74) is 3.19. The normalized spacial score (nSPS) is 19.4. The Hall–Kier alpha value is -1.51. The van der Waals surface area contributed by atoms with Crippen molar-refractivity contribution in [3.8, 4) is 5.75 Å². The maximum atomic E-state index is 12.4. The molecule has 0 aromatic heterocycles. The Morgan fingerprint density at radius 1 is 0.920 bits per heavy atom. The Morgan fingerprint density at radius 2 is 1.36 bits per heavy atom. The third kappa shape index (κ3) is 4.56. The average molecular weight is 344 g/mol. The zero-order valence-corrected chi connectivity index (χ0v) is 16.2. The summed E-state index contributed by atoms with van der Waals surface area (Å²) in [7, 11) is 0. The number of hydrogen-bond acceptors (Lipinski definition) is 3. The van der Waals surface area contributed by atoms with Gasteiger partial charge < -0.3 is 9.47 Å². The van der Waals surface area contributed by atoms with Crippen molar-refractivity contribution in [2.24, 2.45) is 0 Å². The molecule has 3 nitrogen and oxygen atoms in total. The third-order valence-corrected chi connectivity index (χ3v) is 5.46. The lowest BCUT2D eigenvalue weighted by Gasteiger charge is -2.24. The summed E-state index contributed by atoms with van der Waals surface area (Å²) in [4.78, 5) is 12.4. The van der Waals surface area contributed by atoms with Gasteiger partial charge in [0.1, 0.15) is 11.4 Å². The average Bonchev–Trinajstić information content (AvgIpc) is 3.19. The number of benzene rings is 1. The van der Waals surface area contributed by atoms with E-state index in [1.807, 2.05) is 20.8 Å². The number of rotatable bonds is 3. The SMILES string of the molecule is Cc1cc(C2CCCC2)c(OC(=O)OC(C)(C)C)c(C2CCCC2)c1. The second kappa shape index (κ2) is 7.39. The van der Waals surface area contributed by atoms with Crippen LogP contribution in [0.1, 0.15) is 101 Å². The zero-order chi connectivity index (χ0) is 18.0. The van der Waals surface area contributed by atoms with Gasteiger partial charge in [0.25, 0.3) is 0 Å². The molecule has 0 amide bonds. The van der Waals surface area contributed by atoms with E-state index in [0.29, 0.717) is 11.8 Å². The Kier molecular flexibility index (Phi) is 5.41. The minimum Gasteiger partial charge on any atom is -0.428 e. The molecule has 0 atom stereocenters. The quantitative estimate of drug-likeness (QED) is 0.456. The van der Waals surface area contributed by atoms with Crippen LogP contribution < -0.4 is 4.74 Å². The molecule has 3 heteroatoms. The van der Waals surface area contributed by atoms with E-state index in [0.717, 1.165) is 5.75 Å². The number of hydrogen-bond donors (Lipinski definition) is 0. The maximum absolute atomic E-state index is 12.4. The van der Waals surface area contributed by atoms with Crippen LogP contribution >= 0.6 is 0 Å². The summed E-state index contributed by atoms with van der Waals surface area (Å²) >= 11 is 0. The summed E-state index contributed by atoms with van der Waals surface area (Å²) in [5.74, 6) is 1.83. The highest BCUT2D eigenvalue weighted by Gasteiger charge is 2.29. The first-order valence-corrected chi connectivity index (χ1v) is 9.89. The van der Waals surface area contributed by atoms with E-state index in [2.05, 4.69) is 19.1 Å². The van der Waals surface area contributed by atoms with Gasteiger partial charge in [-0.2, -0.15) is 0 Å². The highest BCUT2D eigenvalue weighted by atomic mass is 16.7. The molecular formula is C22H32O3. The van der Waals surface area contributed by atoms with Crippen molar-refractivity contribution < 1.29 is 14.3 Å². The van der Waals surface area contributed by atoms with Gasteiger partial charge in [0.2, 0.25) is 0 Å². The van der Waals surface area contributed by atoms with Crippen LogP contribution in [-0.2, 0) is 4.74 Å². The van der Waals surface area contributed by atoms with Crippen LogP contribution in [0, 0.1) is 6.92 Å². The van der Waals surface area contributed by atoms with Crippen LogP contribution in [0.25, 0.3) is 0 Å². The van der Waals surface area contributed by atoms with Gasteiger partial charge >= 0.3 is 6.16 Å². The maximum Gasteiger partial charge on any atom is 0.514 e. The number of carbonyl (C=O) groups is 1. The smallest absolute Gasteiger partial charge is 0.428 e. The molecule has 25 heavy (non-hydrogen) atoms. The Balaban J connectivity index is 1.97. The van der Waals surface area contributed by atoms with Crippen molar-refractivity contribution in [3.05, 3.63) is 28.8 Å². The topological polar surface area (TPSA) is 35.5 Å². The van der Waals surface area contributed by atoms with Gasteiger partial charge in [-0.15, -0.1) is 0 Å². The van der Waals surface area contributed by atoms with Crippen LogP contribution in [-0.4, -0.2) is 11.8 Å². The van der Waals surface area contributed by atoms with E-state index in [1.165, 1.54) is 68.1 Å². The summed E-state index contributed by atoms with van der Waals surface area (Å²) in [5, 5.41) is 0. The Labute approximate surface area is 152 Å². The molecule has 2 saturated carbocycles. The second-order valence-corrected chi connectivity index (χ2v) is 8.80. The van der Waals surface area contributed by atoms with Crippen molar-refractivity contribution in [1.29, 1.82) is 0 Å². The minimum absolute atomic E-state index is 0.512.